The quantitative estimate of drug-likeness (QED) is 0.770. The Balaban J connectivity index is 1.76. The van der Waals surface area contributed by atoms with Crippen LogP contribution in [0.3, 0.4) is 0 Å². The molecule has 0 radical (unpaired) electrons. The van der Waals surface area contributed by atoms with Crippen molar-refractivity contribution < 1.29 is 4.42 Å². The minimum Gasteiger partial charge on any atom is -0.468 e. The summed E-state index contributed by atoms with van der Waals surface area (Å²) >= 11 is 0. The average Bonchev–Trinajstić information content (AvgIpc) is 2.79. The molecule has 0 unspecified atom stereocenters. The van der Waals surface area contributed by atoms with Gasteiger partial charge in [-0.15, -0.1) is 0 Å². The molecule has 0 amide bonds. The molecule has 2 heterocycles. The van der Waals surface area contributed by atoms with E-state index in [1.165, 1.54) is 44.3 Å². The molecule has 1 N–H and O–H groups in total. The summed E-state index contributed by atoms with van der Waals surface area (Å²) in [7, 11) is 0. The Labute approximate surface area is 104 Å². The summed E-state index contributed by atoms with van der Waals surface area (Å²) in [4.78, 5) is 2.49. The van der Waals surface area contributed by atoms with Crippen molar-refractivity contribution in [3.05, 3.63) is 23.7 Å². The summed E-state index contributed by atoms with van der Waals surface area (Å²) < 4.78 is 5.62. The fourth-order valence-corrected chi connectivity index (χ4v) is 2.35. The third-order valence-corrected chi connectivity index (χ3v) is 3.29. The van der Waals surface area contributed by atoms with Crippen molar-refractivity contribution in [1.29, 1.82) is 0 Å². The first kappa shape index (κ1) is 12.7. The Morgan fingerprint density at radius 3 is 2.88 bits per heavy atom. The third-order valence-electron chi connectivity index (χ3n) is 3.29. The van der Waals surface area contributed by atoms with Crippen LogP contribution < -0.4 is 5.32 Å². The number of likely N-dealkylation sites (tertiary alicyclic amines) is 1. The molecule has 0 atom stereocenters. The maximum atomic E-state index is 5.62. The van der Waals surface area contributed by atoms with Gasteiger partial charge in [-0.05, 0) is 45.0 Å². The van der Waals surface area contributed by atoms with Crippen molar-refractivity contribution in [3.63, 3.8) is 0 Å². The van der Waals surface area contributed by atoms with Crippen LogP contribution in [0, 0.1) is 0 Å². The Kier molecular flexibility index (Phi) is 5.08. The second-order valence-electron chi connectivity index (χ2n) is 4.93. The molecule has 17 heavy (non-hydrogen) atoms. The second kappa shape index (κ2) is 6.82. The molecule has 1 aliphatic rings. The number of hydrogen-bond donors (Lipinski definition) is 1. The summed E-state index contributed by atoms with van der Waals surface area (Å²) in [5.41, 5.74) is 1.27. The van der Waals surface area contributed by atoms with E-state index in [-0.39, 0.29) is 0 Å². The molecule has 0 aliphatic carbocycles. The first-order valence-corrected chi connectivity index (χ1v) is 6.88. The fourth-order valence-electron chi connectivity index (χ4n) is 2.35. The second-order valence-corrected chi connectivity index (χ2v) is 4.93. The van der Waals surface area contributed by atoms with Crippen LogP contribution in [0.1, 0.15) is 43.9 Å². The lowest BCUT2D eigenvalue weighted by molar-refractivity contribution is 0.205. The van der Waals surface area contributed by atoms with Crippen LogP contribution in [-0.2, 0) is 13.1 Å². The minimum absolute atomic E-state index is 0.928. The van der Waals surface area contributed by atoms with Crippen molar-refractivity contribution in [3.8, 4) is 0 Å². The van der Waals surface area contributed by atoms with Gasteiger partial charge >= 0.3 is 0 Å². The lowest BCUT2D eigenvalue weighted by atomic mass is 10.1. The highest BCUT2D eigenvalue weighted by Crippen LogP contribution is 2.15. The van der Waals surface area contributed by atoms with Gasteiger partial charge in [0.05, 0.1) is 12.8 Å². The summed E-state index contributed by atoms with van der Waals surface area (Å²) in [6.07, 6.45) is 7.14. The lowest BCUT2D eigenvalue weighted by Crippen LogP contribution is -2.28. The van der Waals surface area contributed by atoms with Crippen molar-refractivity contribution in [2.45, 2.75) is 45.7 Å². The van der Waals surface area contributed by atoms with Crippen molar-refractivity contribution in [1.82, 2.24) is 10.2 Å². The Morgan fingerprint density at radius 2 is 2.12 bits per heavy atom. The highest BCUT2D eigenvalue weighted by molar-refractivity contribution is 5.12. The molecule has 3 heteroatoms. The Hall–Kier alpha value is -0.800. The molecule has 1 saturated heterocycles. The number of nitrogens with zero attached hydrogens (tertiary/aromatic N) is 1. The van der Waals surface area contributed by atoms with Gasteiger partial charge in [-0.3, -0.25) is 4.90 Å². The zero-order chi connectivity index (χ0) is 11.9. The number of furan rings is 1. The minimum atomic E-state index is 0.928. The summed E-state index contributed by atoms with van der Waals surface area (Å²) in [6, 6.07) is 2.19. The van der Waals surface area contributed by atoms with Crippen LogP contribution in [0.2, 0.25) is 0 Å². The maximum Gasteiger partial charge on any atom is 0.118 e. The van der Waals surface area contributed by atoms with Crippen LogP contribution in [0.15, 0.2) is 16.7 Å². The van der Waals surface area contributed by atoms with Gasteiger partial charge < -0.3 is 9.73 Å². The van der Waals surface area contributed by atoms with Gasteiger partial charge in [0, 0.05) is 12.1 Å². The number of rotatable bonds is 6. The van der Waals surface area contributed by atoms with E-state index in [1.54, 1.807) is 0 Å². The van der Waals surface area contributed by atoms with Gasteiger partial charge in [0.1, 0.15) is 5.76 Å². The molecule has 0 aromatic carbocycles. The molecule has 0 bridgehead atoms. The number of piperidine rings is 1. The molecule has 1 fully saturated rings. The highest BCUT2D eigenvalue weighted by atomic mass is 16.3. The smallest absolute Gasteiger partial charge is 0.118 e. The topological polar surface area (TPSA) is 28.4 Å². The molecular formula is C14H24N2O. The predicted octanol–water partition coefficient (Wildman–Crippen LogP) is 2.77. The van der Waals surface area contributed by atoms with E-state index in [1.807, 2.05) is 6.26 Å². The average molecular weight is 236 g/mol. The maximum absolute atomic E-state index is 5.62. The predicted molar refractivity (Wildman–Crippen MR) is 69.8 cm³/mol. The highest BCUT2D eigenvalue weighted by Gasteiger charge is 2.12. The monoisotopic (exact) mass is 236 g/mol. The van der Waals surface area contributed by atoms with Gasteiger partial charge in [-0.2, -0.15) is 0 Å². The van der Waals surface area contributed by atoms with Crippen molar-refractivity contribution in [2.24, 2.45) is 0 Å². The van der Waals surface area contributed by atoms with Crippen LogP contribution in [0.4, 0.5) is 0 Å². The van der Waals surface area contributed by atoms with Crippen molar-refractivity contribution in [2.75, 3.05) is 19.6 Å². The molecule has 0 saturated carbocycles. The normalized spacial score (nSPS) is 17.5. The molecule has 1 aromatic heterocycles. The first-order chi connectivity index (χ1) is 8.38. The van der Waals surface area contributed by atoms with Crippen LogP contribution >= 0.6 is 0 Å². The standard InChI is InChI=1S/C14H24N2O/c1-2-6-15-10-13-9-14(17-12-13)11-16-7-4-3-5-8-16/h9,12,15H,2-8,10-11H2,1H3. The van der Waals surface area contributed by atoms with E-state index in [9.17, 15) is 0 Å². The number of hydrogen-bond acceptors (Lipinski definition) is 3. The molecule has 0 spiro atoms. The van der Waals surface area contributed by atoms with Gasteiger partial charge in [-0.25, -0.2) is 0 Å². The van der Waals surface area contributed by atoms with Gasteiger partial charge in [0.15, 0.2) is 0 Å². The lowest BCUT2D eigenvalue weighted by Gasteiger charge is -2.25. The van der Waals surface area contributed by atoms with E-state index < -0.39 is 0 Å². The van der Waals surface area contributed by atoms with Crippen LogP contribution in [0.25, 0.3) is 0 Å². The summed E-state index contributed by atoms with van der Waals surface area (Å²) in [6.45, 7) is 7.62. The molecule has 96 valence electrons. The molecular weight excluding hydrogens is 212 g/mol. The molecule has 3 nitrogen and oxygen atoms in total. The van der Waals surface area contributed by atoms with E-state index >= 15 is 0 Å². The van der Waals surface area contributed by atoms with E-state index in [4.69, 9.17) is 4.42 Å². The molecule has 1 aliphatic heterocycles. The van der Waals surface area contributed by atoms with Crippen molar-refractivity contribution >= 4 is 0 Å². The van der Waals surface area contributed by atoms with Crippen LogP contribution in [0.5, 0.6) is 0 Å². The van der Waals surface area contributed by atoms with Gasteiger partial charge in [0.2, 0.25) is 0 Å². The fraction of sp³-hybridized carbons (Fsp3) is 0.714. The SMILES string of the molecule is CCCNCc1coc(CN2CCCCC2)c1. The third kappa shape index (κ3) is 4.17. The first-order valence-electron chi connectivity index (χ1n) is 6.88. The van der Waals surface area contributed by atoms with E-state index in [0.29, 0.717) is 0 Å². The zero-order valence-corrected chi connectivity index (χ0v) is 10.9. The molecule has 1 aromatic rings. The Morgan fingerprint density at radius 1 is 1.29 bits per heavy atom. The summed E-state index contributed by atoms with van der Waals surface area (Å²) in [5, 5.41) is 3.39. The van der Waals surface area contributed by atoms with Gasteiger partial charge in [0.25, 0.3) is 0 Å². The number of nitrogens with one attached hydrogen (secondary N) is 1. The zero-order valence-electron chi connectivity index (χ0n) is 10.9. The largest absolute Gasteiger partial charge is 0.468 e. The van der Waals surface area contributed by atoms with E-state index in [2.05, 4.69) is 23.2 Å². The summed E-state index contributed by atoms with van der Waals surface area (Å²) in [5.74, 6) is 1.11. The molecule has 2 rings (SSSR count). The van der Waals surface area contributed by atoms with Crippen LogP contribution in [-0.4, -0.2) is 24.5 Å². The van der Waals surface area contributed by atoms with Gasteiger partial charge in [-0.1, -0.05) is 13.3 Å². The van der Waals surface area contributed by atoms with E-state index in [0.717, 1.165) is 25.4 Å². The Bertz CT molecular complexity index is 316.